The molecule has 0 aromatic carbocycles. The zero-order valence-corrected chi connectivity index (χ0v) is 10.5. The van der Waals surface area contributed by atoms with Gasteiger partial charge in [-0.15, -0.1) is 0 Å². The number of pyridine rings is 1. The highest BCUT2D eigenvalue weighted by Crippen LogP contribution is 2.10. The van der Waals surface area contributed by atoms with Crippen molar-refractivity contribution in [1.29, 1.82) is 0 Å². The number of carboxylic acids is 1. The Morgan fingerprint density at radius 2 is 2.26 bits per heavy atom. The predicted octanol–water partition coefficient (Wildman–Crippen LogP) is 1.10. The SMILES string of the molecule is CC(C)c1noc(Cn2cccc(C(=O)O)c2=O)n1. The van der Waals surface area contributed by atoms with Gasteiger partial charge in [-0.25, -0.2) is 4.79 Å². The van der Waals surface area contributed by atoms with Crippen LogP contribution in [0.3, 0.4) is 0 Å². The van der Waals surface area contributed by atoms with E-state index in [1.165, 1.54) is 22.9 Å². The average molecular weight is 263 g/mol. The number of nitrogens with zero attached hydrogens (tertiary/aromatic N) is 3. The van der Waals surface area contributed by atoms with E-state index in [9.17, 15) is 9.59 Å². The summed E-state index contributed by atoms with van der Waals surface area (Å²) in [6, 6.07) is 2.75. The number of hydrogen-bond donors (Lipinski definition) is 1. The van der Waals surface area contributed by atoms with Crippen LogP contribution in [0, 0.1) is 0 Å². The van der Waals surface area contributed by atoms with E-state index in [4.69, 9.17) is 9.63 Å². The average Bonchev–Trinajstić information content (AvgIpc) is 2.80. The fraction of sp³-hybridized carbons (Fsp3) is 0.333. The summed E-state index contributed by atoms with van der Waals surface area (Å²) in [5, 5.41) is 12.6. The molecule has 2 aromatic rings. The Balaban J connectivity index is 2.30. The Hall–Kier alpha value is -2.44. The molecule has 100 valence electrons. The Kier molecular flexibility index (Phi) is 3.46. The first-order chi connectivity index (χ1) is 8.99. The van der Waals surface area contributed by atoms with Gasteiger partial charge < -0.3 is 14.2 Å². The van der Waals surface area contributed by atoms with Gasteiger partial charge in [-0.3, -0.25) is 4.79 Å². The van der Waals surface area contributed by atoms with Crippen molar-refractivity contribution < 1.29 is 14.4 Å². The molecule has 0 aliphatic heterocycles. The predicted molar refractivity (Wildman–Crippen MR) is 65.2 cm³/mol. The van der Waals surface area contributed by atoms with Crippen LogP contribution in [0.1, 0.15) is 41.8 Å². The lowest BCUT2D eigenvalue weighted by Crippen LogP contribution is -2.26. The van der Waals surface area contributed by atoms with Gasteiger partial charge in [0.2, 0.25) is 5.89 Å². The van der Waals surface area contributed by atoms with Crippen molar-refractivity contribution >= 4 is 5.97 Å². The first kappa shape index (κ1) is 13.0. The summed E-state index contributed by atoms with van der Waals surface area (Å²) >= 11 is 0. The van der Waals surface area contributed by atoms with Gasteiger partial charge in [0.15, 0.2) is 5.82 Å². The molecule has 7 nitrogen and oxygen atoms in total. The molecule has 0 amide bonds. The van der Waals surface area contributed by atoms with Gasteiger partial charge >= 0.3 is 5.97 Å². The highest BCUT2D eigenvalue weighted by atomic mass is 16.5. The normalized spacial score (nSPS) is 10.9. The molecule has 2 aromatic heterocycles. The van der Waals surface area contributed by atoms with E-state index in [1.807, 2.05) is 13.8 Å². The van der Waals surface area contributed by atoms with Crippen LogP contribution in [-0.2, 0) is 6.54 Å². The minimum atomic E-state index is -1.26. The van der Waals surface area contributed by atoms with Crippen molar-refractivity contribution in [2.24, 2.45) is 0 Å². The molecule has 7 heteroatoms. The Bertz CT molecular complexity index is 657. The smallest absolute Gasteiger partial charge is 0.341 e. The summed E-state index contributed by atoms with van der Waals surface area (Å²) in [7, 11) is 0. The third kappa shape index (κ3) is 2.70. The number of carbonyl (C=O) groups is 1. The van der Waals surface area contributed by atoms with Gasteiger partial charge in [-0.05, 0) is 12.1 Å². The minimum absolute atomic E-state index is 0.0552. The van der Waals surface area contributed by atoms with Crippen molar-refractivity contribution in [3.8, 4) is 0 Å². The van der Waals surface area contributed by atoms with Crippen molar-refractivity contribution in [3.63, 3.8) is 0 Å². The molecule has 0 unspecified atom stereocenters. The number of rotatable bonds is 4. The fourth-order valence-electron chi connectivity index (χ4n) is 1.54. The summed E-state index contributed by atoms with van der Waals surface area (Å²) in [6.07, 6.45) is 1.48. The van der Waals surface area contributed by atoms with Crippen LogP contribution < -0.4 is 5.56 Å². The standard InChI is InChI=1S/C12H13N3O4/c1-7(2)10-13-9(19-14-10)6-15-5-3-4-8(11(15)16)12(17)18/h3-5,7H,6H2,1-2H3,(H,17,18). The van der Waals surface area contributed by atoms with Crippen LogP contribution in [-0.4, -0.2) is 25.8 Å². The molecule has 0 bridgehead atoms. The number of aromatic nitrogens is 3. The van der Waals surface area contributed by atoms with Crippen LogP contribution in [0.15, 0.2) is 27.6 Å². The van der Waals surface area contributed by atoms with Crippen molar-refractivity contribution in [2.45, 2.75) is 26.3 Å². The van der Waals surface area contributed by atoms with Crippen LogP contribution in [0.4, 0.5) is 0 Å². The molecule has 0 atom stereocenters. The Morgan fingerprint density at radius 1 is 1.53 bits per heavy atom. The maximum absolute atomic E-state index is 11.8. The minimum Gasteiger partial charge on any atom is -0.477 e. The molecule has 0 radical (unpaired) electrons. The van der Waals surface area contributed by atoms with Crippen molar-refractivity contribution in [1.82, 2.24) is 14.7 Å². The number of hydrogen-bond acceptors (Lipinski definition) is 5. The van der Waals surface area contributed by atoms with E-state index in [2.05, 4.69) is 10.1 Å². The fourth-order valence-corrected chi connectivity index (χ4v) is 1.54. The maximum Gasteiger partial charge on any atom is 0.341 e. The molecule has 2 rings (SSSR count). The van der Waals surface area contributed by atoms with Crippen LogP contribution in [0.2, 0.25) is 0 Å². The van der Waals surface area contributed by atoms with E-state index < -0.39 is 11.5 Å². The number of aromatic carboxylic acids is 1. The van der Waals surface area contributed by atoms with Gasteiger partial charge in [0.25, 0.3) is 5.56 Å². The summed E-state index contributed by atoms with van der Waals surface area (Å²) in [4.78, 5) is 26.8. The quantitative estimate of drug-likeness (QED) is 0.886. The highest BCUT2D eigenvalue weighted by Gasteiger charge is 2.13. The molecule has 0 aliphatic carbocycles. The summed E-state index contributed by atoms with van der Waals surface area (Å²) < 4.78 is 6.24. The van der Waals surface area contributed by atoms with E-state index in [-0.39, 0.29) is 23.9 Å². The lowest BCUT2D eigenvalue weighted by atomic mass is 10.2. The zero-order chi connectivity index (χ0) is 14.0. The molecule has 0 spiro atoms. The van der Waals surface area contributed by atoms with E-state index in [1.54, 1.807) is 0 Å². The Labute approximate surface area is 108 Å². The molecular formula is C12H13N3O4. The molecule has 1 N–H and O–H groups in total. The highest BCUT2D eigenvalue weighted by molar-refractivity contribution is 5.86. The third-order valence-electron chi connectivity index (χ3n) is 2.56. The monoisotopic (exact) mass is 263 g/mol. The van der Waals surface area contributed by atoms with Gasteiger partial charge in [-0.2, -0.15) is 4.98 Å². The number of carboxylic acid groups (broad SMARTS) is 1. The molecule has 2 heterocycles. The van der Waals surface area contributed by atoms with Crippen LogP contribution in [0.5, 0.6) is 0 Å². The van der Waals surface area contributed by atoms with E-state index >= 15 is 0 Å². The summed E-state index contributed by atoms with van der Waals surface area (Å²) in [6.45, 7) is 3.90. The molecule has 0 fully saturated rings. The topological polar surface area (TPSA) is 98.2 Å². The third-order valence-corrected chi connectivity index (χ3v) is 2.56. The zero-order valence-electron chi connectivity index (χ0n) is 10.5. The second-order valence-electron chi connectivity index (χ2n) is 4.36. The molecule has 0 saturated heterocycles. The van der Waals surface area contributed by atoms with Crippen molar-refractivity contribution in [2.75, 3.05) is 0 Å². The largest absolute Gasteiger partial charge is 0.477 e. The van der Waals surface area contributed by atoms with E-state index in [0.29, 0.717) is 5.82 Å². The molecule has 0 saturated carbocycles. The van der Waals surface area contributed by atoms with Gasteiger partial charge in [0.1, 0.15) is 12.1 Å². The second-order valence-corrected chi connectivity index (χ2v) is 4.36. The second kappa shape index (κ2) is 5.05. The molecule has 19 heavy (non-hydrogen) atoms. The summed E-state index contributed by atoms with van der Waals surface area (Å²) in [5.41, 5.74) is -0.884. The van der Waals surface area contributed by atoms with Gasteiger partial charge in [-0.1, -0.05) is 19.0 Å². The summed E-state index contributed by atoms with van der Waals surface area (Å²) in [5.74, 6) is -0.307. The van der Waals surface area contributed by atoms with Gasteiger partial charge in [0, 0.05) is 12.1 Å². The first-order valence-electron chi connectivity index (χ1n) is 5.74. The first-order valence-corrected chi connectivity index (χ1v) is 5.74. The lowest BCUT2D eigenvalue weighted by Gasteiger charge is -2.02. The van der Waals surface area contributed by atoms with Gasteiger partial charge in [0.05, 0.1) is 0 Å². The van der Waals surface area contributed by atoms with Crippen LogP contribution in [0.25, 0.3) is 0 Å². The molecular weight excluding hydrogens is 250 g/mol. The maximum atomic E-state index is 11.8. The lowest BCUT2D eigenvalue weighted by molar-refractivity contribution is 0.0694. The van der Waals surface area contributed by atoms with Crippen LogP contribution >= 0.6 is 0 Å². The molecule has 0 aliphatic rings. The van der Waals surface area contributed by atoms with E-state index in [0.717, 1.165) is 0 Å². The van der Waals surface area contributed by atoms with Crippen molar-refractivity contribution in [3.05, 3.63) is 46.0 Å². The Morgan fingerprint density at radius 3 is 2.84 bits per heavy atom.